The minimum Gasteiger partial charge on any atom is -0.496 e. The molecular weight excluding hydrogens is 306 g/mol. The fourth-order valence-corrected chi connectivity index (χ4v) is 5.11. The van der Waals surface area contributed by atoms with Crippen LogP contribution in [0.3, 0.4) is 0 Å². The van der Waals surface area contributed by atoms with Crippen LogP contribution in [0.4, 0.5) is 0 Å². The zero-order chi connectivity index (χ0) is 16.3. The molecule has 5 nitrogen and oxygen atoms in total. The molecule has 1 aromatic rings. The number of aliphatic hydroxyl groups excluding tert-OH is 1. The summed E-state index contributed by atoms with van der Waals surface area (Å²) in [6.07, 6.45) is 4.83. The minimum atomic E-state index is -0.595. The lowest BCUT2D eigenvalue weighted by Gasteiger charge is -2.38. The molecule has 0 unspecified atom stereocenters. The van der Waals surface area contributed by atoms with E-state index in [1.54, 1.807) is 0 Å². The van der Waals surface area contributed by atoms with E-state index in [-0.39, 0.29) is 18.2 Å². The van der Waals surface area contributed by atoms with Crippen molar-refractivity contribution < 1.29 is 19.3 Å². The van der Waals surface area contributed by atoms with Gasteiger partial charge in [0.2, 0.25) is 6.79 Å². The molecule has 24 heavy (non-hydrogen) atoms. The quantitative estimate of drug-likeness (QED) is 0.901. The third kappa shape index (κ3) is 1.82. The molecule has 1 aliphatic carbocycles. The van der Waals surface area contributed by atoms with Crippen LogP contribution in [-0.2, 0) is 11.2 Å². The highest BCUT2D eigenvalue weighted by molar-refractivity contribution is 5.54. The van der Waals surface area contributed by atoms with Gasteiger partial charge in [-0.25, -0.2) is 0 Å². The maximum absolute atomic E-state index is 11.1. The number of ether oxygens (including phenoxy) is 3. The fourth-order valence-electron chi connectivity index (χ4n) is 5.11. The molecule has 1 saturated heterocycles. The number of nitrogens with zero attached hydrogens (tertiary/aromatic N) is 1. The largest absolute Gasteiger partial charge is 0.496 e. The number of fused-ring (bicyclic) bond motifs is 3. The molecule has 1 aromatic carbocycles. The van der Waals surface area contributed by atoms with Gasteiger partial charge >= 0.3 is 0 Å². The maximum atomic E-state index is 11.1. The molecule has 0 radical (unpaired) electrons. The first-order chi connectivity index (χ1) is 11.7. The molecule has 1 N–H and O–H groups in total. The van der Waals surface area contributed by atoms with Gasteiger partial charge in [0, 0.05) is 12.5 Å². The average Bonchev–Trinajstić information content (AvgIpc) is 3.23. The standard InChI is InChI=1S/C19H23NO4/c1-2-22-16-10-19-5-3-6-20(19)7-4-12-8-14-15(24-11-23-14)9-13(12)17(19)18(16)21/h8-10,17-18,21H,2-7,11H2,1H3/t17-,18-,19+/m1/s1. The Balaban J connectivity index is 1.67. The van der Waals surface area contributed by atoms with E-state index in [1.807, 2.05) is 6.92 Å². The Labute approximate surface area is 141 Å². The summed E-state index contributed by atoms with van der Waals surface area (Å²) in [5, 5.41) is 11.1. The summed E-state index contributed by atoms with van der Waals surface area (Å²) >= 11 is 0. The van der Waals surface area contributed by atoms with Crippen LogP contribution in [0.2, 0.25) is 0 Å². The summed E-state index contributed by atoms with van der Waals surface area (Å²) in [5.41, 5.74) is 2.34. The van der Waals surface area contributed by atoms with Crippen molar-refractivity contribution in [3.8, 4) is 11.5 Å². The first-order valence-corrected chi connectivity index (χ1v) is 8.94. The molecular formula is C19H23NO4. The van der Waals surface area contributed by atoms with Crippen LogP contribution in [0.5, 0.6) is 11.5 Å². The van der Waals surface area contributed by atoms with Crippen molar-refractivity contribution in [3.63, 3.8) is 0 Å². The Morgan fingerprint density at radius 2 is 2.12 bits per heavy atom. The highest BCUT2D eigenvalue weighted by atomic mass is 16.7. The number of benzene rings is 1. The lowest BCUT2D eigenvalue weighted by Crippen LogP contribution is -2.46. The van der Waals surface area contributed by atoms with E-state index in [0.717, 1.165) is 43.2 Å². The van der Waals surface area contributed by atoms with Crippen LogP contribution in [0.15, 0.2) is 24.0 Å². The van der Waals surface area contributed by atoms with Gasteiger partial charge in [-0.1, -0.05) is 0 Å². The Bertz CT molecular complexity index is 716. The first-order valence-electron chi connectivity index (χ1n) is 8.94. The third-order valence-electron chi connectivity index (χ3n) is 6.06. The second kappa shape index (κ2) is 5.14. The summed E-state index contributed by atoms with van der Waals surface area (Å²) in [6, 6.07) is 4.21. The van der Waals surface area contributed by atoms with E-state index < -0.39 is 6.10 Å². The van der Waals surface area contributed by atoms with E-state index >= 15 is 0 Å². The SMILES string of the molecule is CCOC1=C[C@]23CCCN2CCc2cc4c(cc2[C@@H]3[C@@H]1O)OCO4. The van der Waals surface area contributed by atoms with Gasteiger partial charge in [-0.05, 0) is 62.1 Å². The second-order valence-corrected chi connectivity index (χ2v) is 7.14. The predicted molar refractivity (Wildman–Crippen MR) is 88.3 cm³/mol. The van der Waals surface area contributed by atoms with Crippen molar-refractivity contribution in [2.24, 2.45) is 0 Å². The van der Waals surface area contributed by atoms with Crippen LogP contribution in [0, 0.1) is 0 Å². The number of hydrogen-bond acceptors (Lipinski definition) is 5. The van der Waals surface area contributed by atoms with Gasteiger partial charge in [-0.2, -0.15) is 0 Å². The van der Waals surface area contributed by atoms with E-state index in [4.69, 9.17) is 14.2 Å². The predicted octanol–water partition coefficient (Wildman–Crippen LogP) is 2.18. The first kappa shape index (κ1) is 14.6. The van der Waals surface area contributed by atoms with E-state index in [1.165, 1.54) is 17.5 Å². The molecule has 0 bridgehead atoms. The summed E-state index contributed by atoms with van der Waals surface area (Å²) in [5.74, 6) is 2.37. The number of hydrogen-bond donors (Lipinski definition) is 1. The monoisotopic (exact) mass is 329 g/mol. The summed E-state index contributed by atoms with van der Waals surface area (Å²) < 4.78 is 17.0. The Hall–Kier alpha value is -1.72. The van der Waals surface area contributed by atoms with Crippen molar-refractivity contribution in [2.75, 3.05) is 26.5 Å². The minimum absolute atomic E-state index is 0.00792. The van der Waals surface area contributed by atoms with E-state index in [9.17, 15) is 5.11 Å². The fraction of sp³-hybridized carbons (Fsp3) is 0.579. The van der Waals surface area contributed by atoms with Gasteiger partial charge < -0.3 is 19.3 Å². The Morgan fingerprint density at radius 1 is 1.29 bits per heavy atom. The molecule has 5 heteroatoms. The van der Waals surface area contributed by atoms with Gasteiger partial charge in [0.25, 0.3) is 0 Å². The highest BCUT2D eigenvalue weighted by Crippen LogP contribution is 2.54. The van der Waals surface area contributed by atoms with Gasteiger partial charge in [-0.3, -0.25) is 4.90 Å². The Kier molecular flexibility index (Phi) is 3.13. The van der Waals surface area contributed by atoms with Gasteiger partial charge in [-0.15, -0.1) is 0 Å². The molecule has 0 saturated carbocycles. The summed E-state index contributed by atoms with van der Waals surface area (Å²) in [4.78, 5) is 2.54. The molecule has 128 valence electrons. The van der Waals surface area contributed by atoms with Gasteiger partial charge in [0.1, 0.15) is 11.9 Å². The molecule has 0 aromatic heterocycles. The van der Waals surface area contributed by atoms with Crippen LogP contribution in [0.1, 0.15) is 36.8 Å². The van der Waals surface area contributed by atoms with Crippen LogP contribution in [-0.4, -0.2) is 48.1 Å². The Morgan fingerprint density at radius 3 is 2.96 bits per heavy atom. The molecule has 5 rings (SSSR count). The topological polar surface area (TPSA) is 51.2 Å². The lowest BCUT2D eigenvalue weighted by atomic mass is 9.78. The molecule has 0 amide bonds. The molecule has 3 atom stereocenters. The van der Waals surface area contributed by atoms with E-state index in [0.29, 0.717) is 6.61 Å². The van der Waals surface area contributed by atoms with Crippen molar-refractivity contribution in [3.05, 3.63) is 35.1 Å². The van der Waals surface area contributed by atoms with Crippen molar-refractivity contribution in [1.29, 1.82) is 0 Å². The molecule has 3 aliphatic heterocycles. The lowest BCUT2D eigenvalue weighted by molar-refractivity contribution is 0.0702. The smallest absolute Gasteiger partial charge is 0.231 e. The maximum Gasteiger partial charge on any atom is 0.231 e. The highest BCUT2D eigenvalue weighted by Gasteiger charge is 2.56. The van der Waals surface area contributed by atoms with E-state index in [2.05, 4.69) is 23.1 Å². The van der Waals surface area contributed by atoms with Crippen LogP contribution < -0.4 is 9.47 Å². The second-order valence-electron chi connectivity index (χ2n) is 7.14. The van der Waals surface area contributed by atoms with Crippen LogP contribution >= 0.6 is 0 Å². The number of aliphatic hydroxyl groups is 1. The zero-order valence-electron chi connectivity index (χ0n) is 14.0. The van der Waals surface area contributed by atoms with Crippen molar-refractivity contribution >= 4 is 0 Å². The normalized spacial score (nSPS) is 33.5. The van der Waals surface area contributed by atoms with Gasteiger partial charge in [0.15, 0.2) is 11.5 Å². The molecule has 4 aliphatic rings. The molecule has 3 heterocycles. The molecule has 1 spiro atoms. The number of rotatable bonds is 2. The average molecular weight is 329 g/mol. The molecule has 1 fully saturated rings. The van der Waals surface area contributed by atoms with Gasteiger partial charge in [0.05, 0.1) is 12.1 Å². The van der Waals surface area contributed by atoms with Crippen LogP contribution in [0.25, 0.3) is 0 Å². The zero-order valence-corrected chi connectivity index (χ0v) is 14.0. The summed E-state index contributed by atoms with van der Waals surface area (Å²) in [7, 11) is 0. The summed E-state index contributed by atoms with van der Waals surface area (Å²) in [6.45, 7) is 4.92. The third-order valence-corrected chi connectivity index (χ3v) is 6.06. The van der Waals surface area contributed by atoms with Crippen molar-refractivity contribution in [2.45, 2.75) is 43.7 Å². The van der Waals surface area contributed by atoms with Crippen molar-refractivity contribution in [1.82, 2.24) is 4.90 Å².